The summed E-state index contributed by atoms with van der Waals surface area (Å²) >= 11 is 0. The Kier molecular flexibility index (Phi) is 3.65. The summed E-state index contributed by atoms with van der Waals surface area (Å²) in [6.45, 7) is 0.324. The van der Waals surface area contributed by atoms with E-state index < -0.39 is 5.97 Å². The number of rotatable bonds is 4. The molecule has 3 rings (SSSR count). The van der Waals surface area contributed by atoms with Crippen molar-refractivity contribution in [3.8, 4) is 11.5 Å². The summed E-state index contributed by atoms with van der Waals surface area (Å²) < 4.78 is 10.4. The number of carbonyl (C=O) groups excluding carboxylic acids is 1. The molecule has 2 aromatic rings. The second-order valence-corrected chi connectivity index (χ2v) is 5.08. The minimum atomic E-state index is -1.11. The molecule has 0 saturated carbocycles. The molecule has 1 N–H and O–H groups in total. The van der Waals surface area contributed by atoms with Crippen LogP contribution in [0.3, 0.4) is 0 Å². The summed E-state index contributed by atoms with van der Waals surface area (Å²) in [6.07, 6.45) is 0. The number of carboxylic acids is 1. The fourth-order valence-corrected chi connectivity index (χ4v) is 2.74. The van der Waals surface area contributed by atoms with Gasteiger partial charge in [0.05, 0.1) is 31.9 Å². The molecule has 0 aromatic heterocycles. The van der Waals surface area contributed by atoms with E-state index in [9.17, 15) is 14.7 Å². The molecule has 0 atom stereocenters. The van der Waals surface area contributed by atoms with E-state index in [1.807, 2.05) is 0 Å². The van der Waals surface area contributed by atoms with E-state index in [2.05, 4.69) is 0 Å². The lowest BCUT2D eigenvalue weighted by Gasteiger charge is -2.18. The summed E-state index contributed by atoms with van der Waals surface area (Å²) in [6, 6.07) is 10.0. The normalized spacial score (nSPS) is 13.0. The minimum absolute atomic E-state index is 0.0236. The van der Waals surface area contributed by atoms with E-state index in [-0.39, 0.29) is 17.0 Å². The van der Waals surface area contributed by atoms with E-state index in [0.717, 1.165) is 0 Å². The summed E-state index contributed by atoms with van der Waals surface area (Å²) in [4.78, 5) is 25.5. The smallest absolute Gasteiger partial charge is 0.336 e. The summed E-state index contributed by atoms with van der Waals surface area (Å²) in [5.41, 5.74) is 1.59. The fraction of sp³-hybridized carbons (Fsp3) is 0.176. The van der Waals surface area contributed by atoms with Crippen molar-refractivity contribution in [2.75, 3.05) is 19.1 Å². The highest BCUT2D eigenvalue weighted by molar-refractivity contribution is 6.15. The van der Waals surface area contributed by atoms with Crippen LogP contribution in [-0.4, -0.2) is 31.2 Å². The lowest BCUT2D eigenvalue weighted by molar-refractivity contribution is 0.0692. The van der Waals surface area contributed by atoms with Crippen molar-refractivity contribution in [1.82, 2.24) is 0 Å². The van der Waals surface area contributed by atoms with Gasteiger partial charge in [-0.25, -0.2) is 4.79 Å². The first kappa shape index (κ1) is 14.9. The molecule has 6 heteroatoms. The van der Waals surface area contributed by atoms with Gasteiger partial charge in [0.25, 0.3) is 5.91 Å². The van der Waals surface area contributed by atoms with E-state index >= 15 is 0 Å². The lowest BCUT2D eigenvalue weighted by Crippen LogP contribution is -2.24. The van der Waals surface area contributed by atoms with Gasteiger partial charge in [-0.1, -0.05) is 12.1 Å². The predicted octanol–water partition coefficient (Wildman–Crippen LogP) is 2.56. The maximum absolute atomic E-state index is 12.7. The third-order valence-corrected chi connectivity index (χ3v) is 3.85. The van der Waals surface area contributed by atoms with Crippen LogP contribution in [0.4, 0.5) is 5.69 Å². The molecule has 0 saturated heterocycles. The predicted molar refractivity (Wildman–Crippen MR) is 83.5 cm³/mol. The number of fused-ring (bicyclic) bond motifs is 1. The molecule has 1 aliphatic heterocycles. The molecule has 118 valence electrons. The van der Waals surface area contributed by atoms with Crippen LogP contribution in [0.25, 0.3) is 0 Å². The van der Waals surface area contributed by atoms with Crippen LogP contribution >= 0.6 is 0 Å². The van der Waals surface area contributed by atoms with Gasteiger partial charge in [0.15, 0.2) is 11.5 Å². The van der Waals surface area contributed by atoms with Gasteiger partial charge in [-0.2, -0.15) is 0 Å². The van der Waals surface area contributed by atoms with Crippen LogP contribution in [0.1, 0.15) is 26.3 Å². The standard InChI is InChI=1S/C17H15NO5/c1-22-13-7-6-11(8-14(13)23-2)18-9-10-4-3-5-12(17(20)21)15(10)16(18)19/h3-8H,9H2,1-2H3,(H,20,21). The van der Waals surface area contributed by atoms with E-state index in [4.69, 9.17) is 9.47 Å². The lowest BCUT2D eigenvalue weighted by atomic mass is 10.0. The Morgan fingerprint density at radius 3 is 2.52 bits per heavy atom. The van der Waals surface area contributed by atoms with Gasteiger partial charge in [0.1, 0.15) is 0 Å². The second kappa shape index (κ2) is 5.64. The largest absolute Gasteiger partial charge is 0.493 e. The van der Waals surface area contributed by atoms with Gasteiger partial charge in [-0.15, -0.1) is 0 Å². The van der Waals surface area contributed by atoms with Crippen molar-refractivity contribution in [2.24, 2.45) is 0 Å². The number of anilines is 1. The molecular formula is C17H15NO5. The first-order valence-electron chi connectivity index (χ1n) is 6.96. The number of nitrogens with zero attached hydrogens (tertiary/aromatic N) is 1. The highest BCUT2D eigenvalue weighted by atomic mass is 16.5. The van der Waals surface area contributed by atoms with Gasteiger partial charge >= 0.3 is 5.97 Å². The zero-order chi connectivity index (χ0) is 16.6. The van der Waals surface area contributed by atoms with Gasteiger partial charge in [0.2, 0.25) is 0 Å². The van der Waals surface area contributed by atoms with Gasteiger partial charge in [0, 0.05) is 11.8 Å². The van der Waals surface area contributed by atoms with Crippen molar-refractivity contribution < 1.29 is 24.2 Å². The molecule has 23 heavy (non-hydrogen) atoms. The Hall–Kier alpha value is -3.02. The third kappa shape index (κ3) is 2.38. The summed E-state index contributed by atoms with van der Waals surface area (Å²) in [5.74, 6) is -0.367. The van der Waals surface area contributed by atoms with E-state index in [1.54, 1.807) is 30.3 Å². The van der Waals surface area contributed by atoms with Crippen molar-refractivity contribution in [2.45, 2.75) is 6.54 Å². The highest BCUT2D eigenvalue weighted by Crippen LogP contribution is 2.36. The fourth-order valence-electron chi connectivity index (χ4n) is 2.74. The zero-order valence-corrected chi connectivity index (χ0v) is 12.7. The first-order chi connectivity index (χ1) is 11.1. The number of amides is 1. The summed E-state index contributed by atoms with van der Waals surface area (Å²) in [5, 5.41) is 9.27. The second-order valence-electron chi connectivity index (χ2n) is 5.08. The van der Waals surface area contributed by atoms with Crippen LogP contribution in [-0.2, 0) is 6.54 Å². The molecule has 1 amide bonds. The maximum Gasteiger partial charge on any atom is 0.336 e. The molecular weight excluding hydrogens is 298 g/mol. The molecule has 2 aromatic carbocycles. The average Bonchev–Trinajstić information content (AvgIpc) is 2.91. The number of hydrogen-bond donors (Lipinski definition) is 1. The third-order valence-electron chi connectivity index (χ3n) is 3.85. The van der Waals surface area contributed by atoms with Crippen molar-refractivity contribution >= 4 is 17.6 Å². The topological polar surface area (TPSA) is 76.1 Å². The molecule has 0 spiro atoms. The number of carboxylic acid groups (broad SMARTS) is 1. The quantitative estimate of drug-likeness (QED) is 0.939. The molecule has 0 aliphatic carbocycles. The van der Waals surface area contributed by atoms with Crippen molar-refractivity contribution in [1.29, 1.82) is 0 Å². The average molecular weight is 313 g/mol. The van der Waals surface area contributed by atoms with Gasteiger partial charge in [-0.05, 0) is 23.8 Å². The minimum Gasteiger partial charge on any atom is -0.493 e. The van der Waals surface area contributed by atoms with Crippen LogP contribution < -0.4 is 14.4 Å². The Bertz CT molecular complexity index is 800. The molecule has 0 fully saturated rings. The Morgan fingerprint density at radius 2 is 1.87 bits per heavy atom. The molecule has 0 bridgehead atoms. The Balaban J connectivity index is 2.03. The molecule has 1 aliphatic rings. The van der Waals surface area contributed by atoms with Crippen LogP contribution in [0.2, 0.25) is 0 Å². The zero-order valence-electron chi connectivity index (χ0n) is 12.7. The first-order valence-corrected chi connectivity index (χ1v) is 6.96. The molecule has 1 heterocycles. The number of hydrogen-bond acceptors (Lipinski definition) is 4. The highest BCUT2D eigenvalue weighted by Gasteiger charge is 2.32. The SMILES string of the molecule is COc1ccc(N2Cc3cccc(C(=O)O)c3C2=O)cc1OC. The Morgan fingerprint density at radius 1 is 1.13 bits per heavy atom. The van der Waals surface area contributed by atoms with Gasteiger partial charge < -0.3 is 19.5 Å². The Labute approximate surface area is 132 Å². The number of ether oxygens (including phenoxy) is 2. The monoisotopic (exact) mass is 313 g/mol. The number of aromatic carboxylic acids is 1. The van der Waals surface area contributed by atoms with Crippen molar-refractivity contribution in [3.05, 3.63) is 53.1 Å². The van der Waals surface area contributed by atoms with Gasteiger partial charge in [-0.3, -0.25) is 4.79 Å². The maximum atomic E-state index is 12.7. The molecule has 6 nitrogen and oxygen atoms in total. The van der Waals surface area contributed by atoms with Crippen LogP contribution in [0, 0.1) is 0 Å². The molecule has 0 unspecified atom stereocenters. The van der Waals surface area contributed by atoms with Crippen LogP contribution in [0.15, 0.2) is 36.4 Å². The number of carbonyl (C=O) groups is 2. The number of methoxy groups -OCH3 is 2. The van der Waals surface area contributed by atoms with Crippen LogP contribution in [0.5, 0.6) is 11.5 Å². The van der Waals surface area contributed by atoms with E-state index in [0.29, 0.717) is 29.3 Å². The van der Waals surface area contributed by atoms with Crippen molar-refractivity contribution in [3.63, 3.8) is 0 Å². The number of benzene rings is 2. The summed E-state index contributed by atoms with van der Waals surface area (Å²) in [7, 11) is 3.05. The van der Waals surface area contributed by atoms with E-state index in [1.165, 1.54) is 25.2 Å². The molecule has 0 radical (unpaired) electrons.